The molecule has 2 rings (SSSR count). The third-order valence-electron chi connectivity index (χ3n) is 3.57. The number of methoxy groups -OCH3 is 2. The number of benzene rings is 1. The van der Waals surface area contributed by atoms with Gasteiger partial charge in [-0.2, -0.15) is 0 Å². The monoisotopic (exact) mass is 371 g/mol. The largest absolute Gasteiger partial charge is 0.493 e. The summed E-state index contributed by atoms with van der Waals surface area (Å²) in [5.41, 5.74) is 0.312. The smallest absolute Gasteiger partial charge is 0.326 e. The number of rotatable bonds is 7. The summed E-state index contributed by atoms with van der Waals surface area (Å²) in [5, 5.41) is 11.8. The molecule has 0 bridgehead atoms. The van der Waals surface area contributed by atoms with E-state index in [1.165, 1.54) is 20.3 Å². The van der Waals surface area contributed by atoms with Gasteiger partial charge in [-0.3, -0.25) is 4.79 Å². The van der Waals surface area contributed by atoms with Gasteiger partial charge in [0.05, 0.1) is 18.7 Å². The first-order valence-corrected chi connectivity index (χ1v) is 7.70. The summed E-state index contributed by atoms with van der Waals surface area (Å²) in [6.45, 7) is 0. The van der Waals surface area contributed by atoms with E-state index in [4.69, 9.17) is 9.47 Å². The highest BCUT2D eigenvalue weighted by Crippen LogP contribution is 2.36. The number of amides is 1. The van der Waals surface area contributed by atoms with Crippen LogP contribution in [-0.2, 0) is 4.79 Å². The van der Waals surface area contributed by atoms with Crippen molar-refractivity contribution in [2.24, 2.45) is 5.92 Å². The van der Waals surface area contributed by atoms with Crippen molar-refractivity contribution in [3.8, 4) is 11.5 Å². The molecule has 2 N–H and O–H groups in total. The van der Waals surface area contributed by atoms with E-state index < -0.39 is 17.9 Å². The van der Waals surface area contributed by atoms with Crippen LogP contribution < -0.4 is 14.8 Å². The Bertz CT molecular complexity index is 586. The molecule has 6 nitrogen and oxygen atoms in total. The van der Waals surface area contributed by atoms with Crippen LogP contribution in [0.25, 0.3) is 0 Å². The van der Waals surface area contributed by atoms with E-state index in [2.05, 4.69) is 21.2 Å². The van der Waals surface area contributed by atoms with Gasteiger partial charge in [0.25, 0.3) is 5.91 Å². The zero-order valence-corrected chi connectivity index (χ0v) is 14.0. The maximum atomic E-state index is 12.3. The summed E-state index contributed by atoms with van der Waals surface area (Å²) >= 11 is 3.31. The highest BCUT2D eigenvalue weighted by Gasteiger charge is 2.30. The molecule has 1 aliphatic carbocycles. The van der Waals surface area contributed by atoms with Gasteiger partial charge < -0.3 is 19.9 Å². The van der Waals surface area contributed by atoms with Crippen molar-refractivity contribution < 1.29 is 24.2 Å². The first-order valence-electron chi connectivity index (χ1n) is 6.91. The van der Waals surface area contributed by atoms with E-state index in [0.717, 1.165) is 12.8 Å². The third-order valence-corrected chi connectivity index (χ3v) is 4.15. The van der Waals surface area contributed by atoms with Crippen LogP contribution in [0, 0.1) is 5.92 Å². The van der Waals surface area contributed by atoms with Gasteiger partial charge >= 0.3 is 5.97 Å². The zero-order chi connectivity index (χ0) is 16.3. The lowest BCUT2D eigenvalue weighted by Gasteiger charge is -2.16. The Hall–Kier alpha value is -1.76. The van der Waals surface area contributed by atoms with E-state index in [9.17, 15) is 14.7 Å². The Morgan fingerprint density at radius 3 is 2.55 bits per heavy atom. The highest BCUT2D eigenvalue weighted by atomic mass is 79.9. The quantitative estimate of drug-likeness (QED) is 0.768. The summed E-state index contributed by atoms with van der Waals surface area (Å²) in [6, 6.07) is 2.23. The fourth-order valence-corrected chi connectivity index (χ4v) is 2.80. The molecule has 22 heavy (non-hydrogen) atoms. The highest BCUT2D eigenvalue weighted by molar-refractivity contribution is 9.10. The Kier molecular flexibility index (Phi) is 5.28. The molecule has 0 spiro atoms. The number of ether oxygens (including phenoxy) is 2. The summed E-state index contributed by atoms with van der Waals surface area (Å²) < 4.78 is 10.9. The van der Waals surface area contributed by atoms with Gasteiger partial charge in [-0.1, -0.05) is 12.8 Å². The van der Waals surface area contributed by atoms with Gasteiger partial charge in [0.15, 0.2) is 11.5 Å². The standard InChI is InChI=1S/C15H18BrNO5/c1-21-12-7-9(6-10(16)13(12)22-2)14(18)17-11(15(19)20)5-8-3-4-8/h6-8,11H,3-5H2,1-2H3,(H,17,18)(H,19,20). The van der Waals surface area contributed by atoms with Gasteiger partial charge in [0.2, 0.25) is 0 Å². The van der Waals surface area contributed by atoms with Gasteiger partial charge in [-0.15, -0.1) is 0 Å². The van der Waals surface area contributed by atoms with Crippen molar-refractivity contribution in [3.05, 3.63) is 22.2 Å². The van der Waals surface area contributed by atoms with Crippen molar-refractivity contribution in [3.63, 3.8) is 0 Å². The number of hydrogen-bond donors (Lipinski definition) is 2. The van der Waals surface area contributed by atoms with Crippen molar-refractivity contribution in [1.29, 1.82) is 0 Å². The minimum Gasteiger partial charge on any atom is -0.493 e. The Labute approximate surface area is 136 Å². The molecule has 1 amide bonds. The normalized spacial score (nSPS) is 15.0. The molecule has 0 saturated heterocycles. The van der Waals surface area contributed by atoms with Gasteiger partial charge in [0.1, 0.15) is 6.04 Å². The summed E-state index contributed by atoms with van der Waals surface area (Å²) in [5.74, 6) is -0.184. The molecule has 7 heteroatoms. The molecular formula is C15H18BrNO5. The number of halogens is 1. The van der Waals surface area contributed by atoms with Crippen molar-refractivity contribution in [2.75, 3.05) is 14.2 Å². The van der Waals surface area contributed by atoms with Crippen LogP contribution in [0.1, 0.15) is 29.6 Å². The van der Waals surface area contributed by atoms with Crippen LogP contribution in [0.5, 0.6) is 11.5 Å². The minimum absolute atomic E-state index is 0.312. The molecular weight excluding hydrogens is 354 g/mol. The molecule has 0 heterocycles. The lowest BCUT2D eigenvalue weighted by Crippen LogP contribution is -2.41. The van der Waals surface area contributed by atoms with E-state index in [1.54, 1.807) is 6.07 Å². The predicted octanol–water partition coefficient (Wildman–Crippen LogP) is 2.45. The molecule has 1 atom stereocenters. The number of carbonyl (C=O) groups is 2. The van der Waals surface area contributed by atoms with Crippen LogP contribution >= 0.6 is 15.9 Å². The second kappa shape index (κ2) is 7.00. The number of nitrogens with one attached hydrogen (secondary N) is 1. The first kappa shape index (κ1) is 16.6. The van der Waals surface area contributed by atoms with E-state index in [-0.39, 0.29) is 0 Å². The topological polar surface area (TPSA) is 84.9 Å². The number of carboxylic acid groups (broad SMARTS) is 1. The molecule has 1 aliphatic rings. The molecule has 1 fully saturated rings. The second-order valence-corrected chi connectivity index (χ2v) is 6.09. The Balaban J connectivity index is 2.17. The van der Waals surface area contributed by atoms with Gasteiger partial charge in [-0.25, -0.2) is 4.79 Å². The molecule has 0 radical (unpaired) electrons. The SMILES string of the molecule is COc1cc(C(=O)NC(CC2CC2)C(=O)O)cc(Br)c1OC. The molecule has 1 aromatic rings. The molecule has 0 aromatic heterocycles. The maximum absolute atomic E-state index is 12.3. The van der Waals surface area contributed by atoms with Crippen molar-refractivity contribution >= 4 is 27.8 Å². The summed E-state index contributed by atoms with van der Waals surface area (Å²) in [6.07, 6.45) is 2.53. The van der Waals surface area contributed by atoms with E-state index in [1.807, 2.05) is 0 Å². The second-order valence-electron chi connectivity index (χ2n) is 5.24. The van der Waals surface area contributed by atoms with Crippen LogP contribution in [0.2, 0.25) is 0 Å². The van der Waals surface area contributed by atoms with Gasteiger partial charge in [-0.05, 0) is 40.4 Å². The number of aliphatic carboxylic acids is 1. The fraction of sp³-hybridized carbons (Fsp3) is 0.467. The average molecular weight is 372 g/mol. The van der Waals surface area contributed by atoms with E-state index in [0.29, 0.717) is 33.9 Å². The lowest BCUT2D eigenvalue weighted by atomic mass is 10.1. The number of carbonyl (C=O) groups excluding carboxylic acids is 1. The first-order chi connectivity index (χ1) is 10.5. The average Bonchev–Trinajstić information content (AvgIpc) is 3.29. The lowest BCUT2D eigenvalue weighted by molar-refractivity contribution is -0.139. The summed E-state index contributed by atoms with van der Waals surface area (Å²) in [7, 11) is 2.97. The minimum atomic E-state index is -1.01. The van der Waals surface area contributed by atoms with Crippen LogP contribution in [-0.4, -0.2) is 37.2 Å². The third kappa shape index (κ3) is 3.91. The molecule has 1 aromatic carbocycles. The fourth-order valence-electron chi connectivity index (χ4n) is 2.20. The van der Waals surface area contributed by atoms with Crippen molar-refractivity contribution in [1.82, 2.24) is 5.32 Å². The molecule has 120 valence electrons. The predicted molar refractivity (Wildman–Crippen MR) is 83.5 cm³/mol. The number of hydrogen-bond acceptors (Lipinski definition) is 4. The molecule has 0 aliphatic heterocycles. The van der Waals surface area contributed by atoms with Crippen LogP contribution in [0.15, 0.2) is 16.6 Å². The Morgan fingerprint density at radius 1 is 1.36 bits per heavy atom. The Morgan fingerprint density at radius 2 is 2.05 bits per heavy atom. The van der Waals surface area contributed by atoms with Gasteiger partial charge in [0, 0.05) is 5.56 Å². The zero-order valence-electron chi connectivity index (χ0n) is 12.4. The summed E-state index contributed by atoms with van der Waals surface area (Å²) in [4.78, 5) is 23.5. The maximum Gasteiger partial charge on any atom is 0.326 e. The molecule has 1 unspecified atom stereocenters. The molecule has 1 saturated carbocycles. The van der Waals surface area contributed by atoms with E-state index >= 15 is 0 Å². The van der Waals surface area contributed by atoms with Crippen LogP contribution in [0.4, 0.5) is 0 Å². The van der Waals surface area contributed by atoms with Crippen LogP contribution in [0.3, 0.4) is 0 Å². The number of carboxylic acids is 1. The van der Waals surface area contributed by atoms with Crippen molar-refractivity contribution in [2.45, 2.75) is 25.3 Å².